The molecule has 3 N–H and O–H groups in total. The largest absolute Gasteiger partial charge is 0.479 e. The summed E-state index contributed by atoms with van der Waals surface area (Å²) < 4.78 is 5.04. The van der Waals surface area contributed by atoms with Crippen molar-refractivity contribution in [2.45, 2.75) is 32.9 Å². The summed E-state index contributed by atoms with van der Waals surface area (Å²) in [7, 11) is 0. The van der Waals surface area contributed by atoms with Crippen LogP contribution in [0.25, 0.3) is 0 Å². The molecule has 0 spiro atoms. The predicted molar refractivity (Wildman–Crippen MR) is 70.2 cm³/mol. The molecule has 0 saturated heterocycles. The third kappa shape index (κ3) is 3.12. The molecule has 5 nitrogen and oxygen atoms in total. The van der Waals surface area contributed by atoms with E-state index in [2.05, 4.69) is 0 Å². The first-order chi connectivity index (χ1) is 8.69. The number of carbonyl (C=O) groups excluding carboxylic acids is 1. The number of carboxylic acid groups (broad SMARTS) is 1. The van der Waals surface area contributed by atoms with Crippen LogP contribution in [-0.2, 0) is 20.9 Å². The second-order valence-electron chi connectivity index (χ2n) is 5.42. The minimum atomic E-state index is -2.07. The molecule has 0 aliphatic rings. The van der Waals surface area contributed by atoms with Crippen molar-refractivity contribution in [3.8, 4) is 0 Å². The summed E-state index contributed by atoms with van der Waals surface area (Å²) in [5.74, 6) is -2.32. The first-order valence-electron chi connectivity index (χ1n) is 5.93. The monoisotopic (exact) mass is 265 g/mol. The van der Waals surface area contributed by atoms with Crippen molar-refractivity contribution >= 4 is 11.9 Å². The molecule has 0 amide bonds. The number of ether oxygens (including phenoxy) is 1. The van der Waals surface area contributed by atoms with Gasteiger partial charge < -0.3 is 15.6 Å². The van der Waals surface area contributed by atoms with Gasteiger partial charge in [-0.25, -0.2) is 9.59 Å². The number of hydrogen-bond acceptors (Lipinski definition) is 4. The third-order valence-electron chi connectivity index (χ3n) is 3.06. The number of aliphatic carboxylic acids is 1. The molecule has 104 valence electrons. The maximum atomic E-state index is 12.0. The summed E-state index contributed by atoms with van der Waals surface area (Å²) >= 11 is 0. The second-order valence-corrected chi connectivity index (χ2v) is 5.42. The quantitative estimate of drug-likeness (QED) is 0.637. The number of rotatable bonds is 4. The summed E-state index contributed by atoms with van der Waals surface area (Å²) in [5, 5.41) is 9.21. The SMILES string of the molecule is CC(C)(C)C(N)(C(=O)O)C(=O)OCc1ccccc1. The lowest BCUT2D eigenvalue weighted by atomic mass is 9.74. The fraction of sp³-hybridized carbons (Fsp3) is 0.429. The summed E-state index contributed by atoms with van der Waals surface area (Å²) in [6.07, 6.45) is 0. The van der Waals surface area contributed by atoms with E-state index in [9.17, 15) is 14.7 Å². The maximum absolute atomic E-state index is 12.0. The van der Waals surface area contributed by atoms with Crippen LogP contribution in [0.15, 0.2) is 30.3 Å². The van der Waals surface area contributed by atoms with E-state index in [-0.39, 0.29) is 6.61 Å². The Bertz CT molecular complexity index is 464. The normalized spacial score (nSPS) is 14.5. The second kappa shape index (κ2) is 5.40. The van der Waals surface area contributed by atoms with Gasteiger partial charge in [0.1, 0.15) is 6.61 Å². The van der Waals surface area contributed by atoms with Crippen LogP contribution in [-0.4, -0.2) is 22.6 Å². The number of hydrogen-bond donors (Lipinski definition) is 2. The predicted octanol–water partition coefficient (Wildman–Crippen LogP) is 1.56. The summed E-state index contributed by atoms with van der Waals surface area (Å²) in [6, 6.07) is 9.01. The van der Waals surface area contributed by atoms with E-state index in [1.54, 1.807) is 45.0 Å². The van der Waals surface area contributed by atoms with E-state index in [4.69, 9.17) is 10.5 Å². The molecule has 1 unspecified atom stereocenters. The van der Waals surface area contributed by atoms with Crippen LogP contribution in [0, 0.1) is 5.41 Å². The third-order valence-corrected chi connectivity index (χ3v) is 3.06. The number of carbonyl (C=O) groups is 2. The average Bonchev–Trinajstić information content (AvgIpc) is 2.34. The van der Waals surface area contributed by atoms with Gasteiger partial charge in [-0.2, -0.15) is 0 Å². The van der Waals surface area contributed by atoms with E-state index in [1.165, 1.54) is 0 Å². The lowest BCUT2D eigenvalue weighted by Gasteiger charge is -2.35. The number of nitrogens with two attached hydrogens (primary N) is 1. The van der Waals surface area contributed by atoms with Crippen LogP contribution in [0.4, 0.5) is 0 Å². The van der Waals surface area contributed by atoms with Crippen molar-refractivity contribution in [1.82, 2.24) is 0 Å². The van der Waals surface area contributed by atoms with E-state index < -0.39 is 22.9 Å². The van der Waals surface area contributed by atoms with Gasteiger partial charge >= 0.3 is 11.9 Å². The van der Waals surface area contributed by atoms with E-state index in [0.29, 0.717) is 0 Å². The van der Waals surface area contributed by atoms with Crippen molar-refractivity contribution in [3.63, 3.8) is 0 Å². The Morgan fingerprint density at radius 2 is 1.74 bits per heavy atom. The van der Waals surface area contributed by atoms with Gasteiger partial charge in [0.2, 0.25) is 5.54 Å². The highest BCUT2D eigenvalue weighted by Crippen LogP contribution is 2.30. The maximum Gasteiger partial charge on any atom is 0.338 e. The van der Waals surface area contributed by atoms with Crippen LogP contribution < -0.4 is 5.73 Å². The molecule has 0 aliphatic carbocycles. The van der Waals surface area contributed by atoms with Gasteiger partial charge in [-0.05, 0) is 5.56 Å². The Balaban J connectivity index is 2.83. The number of esters is 1. The Morgan fingerprint density at radius 1 is 1.21 bits per heavy atom. The molecule has 0 heterocycles. The Kier molecular flexibility index (Phi) is 4.32. The minimum Gasteiger partial charge on any atom is -0.479 e. The minimum absolute atomic E-state index is 0.00197. The zero-order chi connectivity index (χ0) is 14.7. The van der Waals surface area contributed by atoms with Gasteiger partial charge in [-0.1, -0.05) is 51.1 Å². The van der Waals surface area contributed by atoms with Crippen molar-refractivity contribution in [3.05, 3.63) is 35.9 Å². The molecule has 0 bridgehead atoms. The molecule has 5 heteroatoms. The summed E-state index contributed by atoms with van der Waals surface area (Å²) in [6.45, 7) is 4.77. The zero-order valence-corrected chi connectivity index (χ0v) is 11.3. The molecule has 1 aromatic rings. The van der Waals surface area contributed by atoms with Crippen LogP contribution in [0.5, 0.6) is 0 Å². The molecule has 1 aromatic carbocycles. The highest BCUT2D eigenvalue weighted by molar-refractivity contribution is 6.04. The molecule has 1 rings (SSSR count). The van der Waals surface area contributed by atoms with Gasteiger partial charge in [-0.3, -0.25) is 0 Å². The molecule has 0 aliphatic heterocycles. The standard InChI is InChI=1S/C14H19NO4/c1-13(2,3)14(15,11(16)17)12(18)19-9-10-7-5-4-6-8-10/h4-8H,9,15H2,1-3H3,(H,16,17). The molecule has 0 saturated carbocycles. The van der Waals surface area contributed by atoms with Crippen LogP contribution in [0.1, 0.15) is 26.3 Å². The van der Waals surface area contributed by atoms with Gasteiger partial charge in [0.25, 0.3) is 0 Å². The Morgan fingerprint density at radius 3 is 2.16 bits per heavy atom. The van der Waals surface area contributed by atoms with Crippen LogP contribution in [0.3, 0.4) is 0 Å². The van der Waals surface area contributed by atoms with Gasteiger partial charge in [0, 0.05) is 5.41 Å². The topological polar surface area (TPSA) is 89.6 Å². The van der Waals surface area contributed by atoms with E-state index in [0.717, 1.165) is 5.56 Å². The number of carboxylic acids is 1. The highest BCUT2D eigenvalue weighted by atomic mass is 16.5. The smallest absolute Gasteiger partial charge is 0.338 e. The molecule has 1 atom stereocenters. The highest BCUT2D eigenvalue weighted by Gasteiger charge is 2.53. The lowest BCUT2D eigenvalue weighted by Crippen LogP contribution is -2.64. The molecule has 0 aromatic heterocycles. The van der Waals surface area contributed by atoms with Gasteiger partial charge in [0.15, 0.2) is 0 Å². The van der Waals surface area contributed by atoms with Gasteiger partial charge in [-0.15, -0.1) is 0 Å². The molecule has 19 heavy (non-hydrogen) atoms. The van der Waals surface area contributed by atoms with Crippen molar-refractivity contribution in [2.75, 3.05) is 0 Å². The fourth-order valence-electron chi connectivity index (χ4n) is 1.55. The van der Waals surface area contributed by atoms with Crippen molar-refractivity contribution < 1.29 is 19.4 Å². The molecular formula is C14H19NO4. The van der Waals surface area contributed by atoms with Crippen molar-refractivity contribution in [2.24, 2.45) is 11.1 Å². The molecule has 0 radical (unpaired) electrons. The summed E-state index contributed by atoms with van der Waals surface area (Å²) in [5.41, 5.74) is 3.51. The van der Waals surface area contributed by atoms with Crippen LogP contribution in [0.2, 0.25) is 0 Å². The van der Waals surface area contributed by atoms with E-state index in [1.807, 2.05) is 6.07 Å². The van der Waals surface area contributed by atoms with Crippen LogP contribution >= 0.6 is 0 Å². The summed E-state index contributed by atoms with van der Waals surface area (Å²) in [4.78, 5) is 23.3. The van der Waals surface area contributed by atoms with Crippen molar-refractivity contribution in [1.29, 1.82) is 0 Å². The fourth-order valence-corrected chi connectivity index (χ4v) is 1.55. The number of benzene rings is 1. The Hall–Kier alpha value is -1.88. The van der Waals surface area contributed by atoms with Gasteiger partial charge in [0.05, 0.1) is 0 Å². The Labute approximate surface area is 112 Å². The average molecular weight is 265 g/mol. The first kappa shape index (κ1) is 15.2. The van der Waals surface area contributed by atoms with E-state index >= 15 is 0 Å². The zero-order valence-electron chi connectivity index (χ0n) is 11.3. The lowest BCUT2D eigenvalue weighted by molar-refractivity contribution is -0.167. The first-order valence-corrected chi connectivity index (χ1v) is 5.93. The molecular weight excluding hydrogens is 246 g/mol. The molecule has 0 fully saturated rings.